The van der Waals surface area contributed by atoms with Gasteiger partial charge >= 0.3 is 0 Å². The number of nitrogens with two attached hydrogens (primary N) is 1. The van der Waals surface area contributed by atoms with Crippen molar-refractivity contribution < 1.29 is 4.74 Å². The van der Waals surface area contributed by atoms with Crippen LogP contribution >= 0.6 is 0 Å². The lowest BCUT2D eigenvalue weighted by atomic mass is 9.83. The van der Waals surface area contributed by atoms with Crippen LogP contribution in [-0.4, -0.2) is 31.7 Å². The molecule has 0 spiro atoms. The molecule has 6 nitrogen and oxygen atoms in total. The Kier molecular flexibility index (Phi) is 3.10. The summed E-state index contributed by atoms with van der Waals surface area (Å²) in [6, 6.07) is 1.87. The van der Waals surface area contributed by atoms with E-state index in [1.54, 1.807) is 4.52 Å². The molecule has 1 fully saturated rings. The number of hydrogen-bond donors (Lipinski definition) is 1. The monoisotopic (exact) mass is 261 g/mol. The Balaban J connectivity index is 1.79. The van der Waals surface area contributed by atoms with Gasteiger partial charge in [-0.05, 0) is 19.8 Å². The minimum absolute atomic E-state index is 0.206. The molecule has 0 radical (unpaired) electrons. The molecule has 1 aliphatic carbocycles. The zero-order valence-electron chi connectivity index (χ0n) is 11.2. The fourth-order valence-electron chi connectivity index (χ4n) is 2.62. The summed E-state index contributed by atoms with van der Waals surface area (Å²) in [5, 5.41) is 4.12. The molecule has 0 aromatic carbocycles. The molecule has 0 atom stereocenters. The fourth-order valence-corrected chi connectivity index (χ4v) is 2.62. The van der Waals surface area contributed by atoms with Gasteiger partial charge in [0, 0.05) is 11.8 Å². The van der Waals surface area contributed by atoms with Gasteiger partial charge in [0.25, 0.3) is 5.78 Å². The Morgan fingerprint density at radius 2 is 2.16 bits per heavy atom. The van der Waals surface area contributed by atoms with Crippen molar-refractivity contribution in [3.05, 3.63) is 18.1 Å². The summed E-state index contributed by atoms with van der Waals surface area (Å²) in [6.45, 7) is 2.44. The predicted octanol–water partition coefficient (Wildman–Crippen LogP) is 1.47. The van der Waals surface area contributed by atoms with Crippen molar-refractivity contribution in [2.24, 2.45) is 5.73 Å². The summed E-state index contributed by atoms with van der Waals surface area (Å²) in [6.07, 6.45) is 7.19. The number of hydrogen-bond acceptors (Lipinski definition) is 5. The molecule has 19 heavy (non-hydrogen) atoms. The summed E-state index contributed by atoms with van der Waals surface area (Å²) < 4.78 is 7.51. The van der Waals surface area contributed by atoms with Crippen molar-refractivity contribution in [3.63, 3.8) is 0 Å². The van der Waals surface area contributed by atoms with Crippen LogP contribution in [-0.2, 0) is 0 Å². The van der Waals surface area contributed by atoms with E-state index >= 15 is 0 Å². The summed E-state index contributed by atoms with van der Waals surface area (Å²) in [7, 11) is 0. The largest absolute Gasteiger partial charge is 0.476 e. The molecular formula is C13H19N5O. The third-order valence-corrected chi connectivity index (χ3v) is 3.70. The minimum Gasteiger partial charge on any atom is -0.476 e. The maximum Gasteiger partial charge on any atom is 0.255 e. The number of rotatable bonds is 3. The van der Waals surface area contributed by atoms with Crippen molar-refractivity contribution in [1.82, 2.24) is 19.6 Å². The predicted molar refractivity (Wildman–Crippen MR) is 71.0 cm³/mol. The van der Waals surface area contributed by atoms with Gasteiger partial charge < -0.3 is 10.5 Å². The van der Waals surface area contributed by atoms with Crippen molar-refractivity contribution in [3.8, 4) is 5.88 Å². The first kappa shape index (κ1) is 12.3. The van der Waals surface area contributed by atoms with E-state index in [1.165, 1.54) is 25.6 Å². The molecular weight excluding hydrogens is 242 g/mol. The highest BCUT2D eigenvalue weighted by molar-refractivity contribution is 5.32. The second-order valence-electron chi connectivity index (χ2n) is 5.42. The Morgan fingerprint density at radius 3 is 2.95 bits per heavy atom. The lowest BCUT2D eigenvalue weighted by Gasteiger charge is -2.32. The quantitative estimate of drug-likeness (QED) is 0.905. The van der Waals surface area contributed by atoms with E-state index in [0.717, 1.165) is 18.5 Å². The number of aryl methyl sites for hydroxylation is 1. The molecule has 6 heteroatoms. The molecule has 2 N–H and O–H groups in total. The molecule has 2 heterocycles. The summed E-state index contributed by atoms with van der Waals surface area (Å²) >= 11 is 0. The third-order valence-electron chi connectivity index (χ3n) is 3.70. The molecule has 1 saturated carbocycles. The molecule has 0 aliphatic heterocycles. The van der Waals surface area contributed by atoms with Crippen LogP contribution in [0.5, 0.6) is 5.88 Å². The molecule has 0 unspecified atom stereocenters. The van der Waals surface area contributed by atoms with E-state index < -0.39 is 0 Å². The van der Waals surface area contributed by atoms with Crippen molar-refractivity contribution in [2.45, 2.75) is 44.6 Å². The third kappa shape index (κ3) is 2.53. The van der Waals surface area contributed by atoms with Crippen LogP contribution in [0.3, 0.4) is 0 Å². The standard InChI is InChI=1S/C13H19N5O/c1-10-7-11(18-12(17-10)15-9-16-18)19-8-13(14)5-3-2-4-6-13/h7,9H,2-6,8,14H2,1H3. The average Bonchev–Trinajstić information content (AvgIpc) is 2.85. The minimum atomic E-state index is -0.206. The van der Waals surface area contributed by atoms with E-state index in [1.807, 2.05) is 13.0 Å². The Bertz CT molecular complexity index is 573. The van der Waals surface area contributed by atoms with Crippen molar-refractivity contribution in [2.75, 3.05) is 6.61 Å². The lowest BCUT2D eigenvalue weighted by Crippen LogP contribution is -2.47. The van der Waals surface area contributed by atoms with Crippen molar-refractivity contribution in [1.29, 1.82) is 0 Å². The highest BCUT2D eigenvalue weighted by Gasteiger charge is 2.28. The molecule has 2 aromatic heterocycles. The average molecular weight is 261 g/mol. The topological polar surface area (TPSA) is 78.3 Å². The van der Waals surface area contributed by atoms with Gasteiger partial charge in [0.1, 0.15) is 12.9 Å². The van der Waals surface area contributed by atoms with E-state index in [4.69, 9.17) is 10.5 Å². The van der Waals surface area contributed by atoms with Crippen molar-refractivity contribution >= 4 is 5.78 Å². The highest BCUT2D eigenvalue weighted by Crippen LogP contribution is 2.26. The Morgan fingerprint density at radius 1 is 1.37 bits per heavy atom. The molecule has 2 aromatic rings. The number of nitrogens with zero attached hydrogens (tertiary/aromatic N) is 4. The zero-order chi connectivity index (χ0) is 13.3. The van der Waals surface area contributed by atoms with Crippen LogP contribution in [0, 0.1) is 6.92 Å². The summed E-state index contributed by atoms with van der Waals surface area (Å²) in [4.78, 5) is 8.37. The smallest absolute Gasteiger partial charge is 0.255 e. The zero-order valence-corrected chi connectivity index (χ0v) is 11.2. The second-order valence-corrected chi connectivity index (χ2v) is 5.42. The summed E-state index contributed by atoms with van der Waals surface area (Å²) in [5.74, 6) is 1.22. The molecule has 3 rings (SSSR count). The maximum absolute atomic E-state index is 6.38. The molecule has 102 valence electrons. The molecule has 0 bridgehead atoms. The molecule has 1 aliphatic rings. The van der Waals surface area contributed by atoms with E-state index in [9.17, 15) is 0 Å². The van der Waals surface area contributed by atoms with Crippen LogP contribution in [0.2, 0.25) is 0 Å². The van der Waals surface area contributed by atoms with E-state index in [-0.39, 0.29) is 5.54 Å². The first-order chi connectivity index (χ1) is 9.16. The maximum atomic E-state index is 6.38. The van der Waals surface area contributed by atoms with Crippen LogP contribution in [0.25, 0.3) is 5.78 Å². The SMILES string of the molecule is Cc1cc(OCC2(N)CCCCC2)n2ncnc2n1. The van der Waals surface area contributed by atoms with Gasteiger partial charge in [-0.3, -0.25) is 0 Å². The van der Waals surface area contributed by atoms with E-state index in [0.29, 0.717) is 18.3 Å². The van der Waals surface area contributed by atoms with Gasteiger partial charge in [-0.15, -0.1) is 0 Å². The summed E-state index contributed by atoms with van der Waals surface area (Å²) in [5.41, 5.74) is 7.04. The first-order valence-corrected chi connectivity index (χ1v) is 6.75. The van der Waals surface area contributed by atoms with Gasteiger partial charge in [-0.2, -0.15) is 14.6 Å². The van der Waals surface area contributed by atoms with Gasteiger partial charge in [0.15, 0.2) is 0 Å². The lowest BCUT2D eigenvalue weighted by molar-refractivity contribution is 0.166. The fraction of sp³-hybridized carbons (Fsp3) is 0.615. The van der Waals surface area contributed by atoms with Crippen LogP contribution in [0.4, 0.5) is 0 Å². The van der Waals surface area contributed by atoms with E-state index in [2.05, 4.69) is 15.1 Å². The van der Waals surface area contributed by atoms with Gasteiger partial charge in [0.05, 0.1) is 5.54 Å². The van der Waals surface area contributed by atoms with Gasteiger partial charge in [0.2, 0.25) is 5.88 Å². The van der Waals surface area contributed by atoms with Crippen LogP contribution < -0.4 is 10.5 Å². The second kappa shape index (κ2) is 4.77. The van der Waals surface area contributed by atoms with Gasteiger partial charge in [-0.1, -0.05) is 19.3 Å². The first-order valence-electron chi connectivity index (χ1n) is 6.75. The normalized spacial score (nSPS) is 18.6. The Hall–Kier alpha value is -1.69. The number of fused-ring (bicyclic) bond motifs is 1. The Labute approximate surface area is 112 Å². The molecule has 0 amide bonds. The highest BCUT2D eigenvalue weighted by atomic mass is 16.5. The van der Waals surface area contributed by atoms with Crippen LogP contribution in [0.1, 0.15) is 37.8 Å². The number of ether oxygens (including phenoxy) is 1. The van der Waals surface area contributed by atoms with Crippen LogP contribution in [0.15, 0.2) is 12.4 Å². The number of aromatic nitrogens is 4. The van der Waals surface area contributed by atoms with Gasteiger partial charge in [-0.25, -0.2) is 4.98 Å². The molecule has 0 saturated heterocycles.